The lowest BCUT2D eigenvalue weighted by Crippen LogP contribution is -2.49. The molecule has 4 aliphatic carbocycles. The molecule has 3 unspecified atom stereocenters. The maximum Gasteiger partial charge on any atom is 0.129 e. The van der Waals surface area contributed by atoms with E-state index >= 15 is 0 Å². The Morgan fingerprint density at radius 3 is 2.63 bits per heavy atom. The Labute approximate surface area is 165 Å². The molecule has 150 valence electrons. The molecule has 3 saturated carbocycles. The van der Waals surface area contributed by atoms with Crippen molar-refractivity contribution in [3.05, 3.63) is 23.8 Å². The maximum absolute atomic E-state index is 5.58. The van der Waals surface area contributed by atoms with Crippen LogP contribution in [0.15, 0.2) is 29.0 Å². The molecular weight excluding hydrogens is 332 g/mol. The van der Waals surface area contributed by atoms with Crippen LogP contribution in [-0.4, -0.2) is 37.9 Å². The van der Waals surface area contributed by atoms with Crippen LogP contribution in [0, 0.1) is 28.6 Å². The van der Waals surface area contributed by atoms with Crippen LogP contribution in [0.2, 0.25) is 0 Å². The smallest absolute Gasteiger partial charge is 0.129 e. The fraction of sp³-hybridized carbons (Fsp3) is 0.792. The Hall–Kier alpha value is -1.09. The zero-order valence-corrected chi connectivity index (χ0v) is 17.9. The van der Waals surface area contributed by atoms with Crippen LogP contribution in [0.3, 0.4) is 0 Å². The van der Waals surface area contributed by atoms with Crippen molar-refractivity contribution >= 4 is 5.71 Å². The standard InChI is InChI=1S/C24H38N2O/c1-17-6-9-21-20-8-7-18-16-19(25-27-15-14-26(4)5)10-12-24(18,3)22(20)11-13-23(17,21)2/h16,20-22H,1,6-15H2,2-5H3/t20?,21?,22?,23-,24+/m1/s1. The Kier molecular flexibility index (Phi) is 5.03. The molecule has 3 nitrogen and oxygen atoms in total. The molecule has 0 aromatic carbocycles. The minimum Gasteiger partial charge on any atom is -0.394 e. The summed E-state index contributed by atoms with van der Waals surface area (Å²) in [7, 11) is 4.13. The average molecular weight is 371 g/mol. The van der Waals surface area contributed by atoms with Gasteiger partial charge in [-0.15, -0.1) is 0 Å². The summed E-state index contributed by atoms with van der Waals surface area (Å²) in [4.78, 5) is 7.71. The third-order valence-corrected chi connectivity index (χ3v) is 8.74. The SMILES string of the molecule is C=C1CCC2C3CCC4=CC(=NOCCN(C)C)CC[C@]4(C)C3CC[C@]12C. The van der Waals surface area contributed by atoms with Crippen molar-refractivity contribution in [2.24, 2.45) is 33.7 Å². The molecule has 0 saturated heterocycles. The predicted molar refractivity (Wildman–Crippen MR) is 113 cm³/mol. The van der Waals surface area contributed by atoms with Crippen LogP contribution in [0.1, 0.15) is 65.2 Å². The van der Waals surface area contributed by atoms with Gasteiger partial charge in [0.1, 0.15) is 6.61 Å². The second-order valence-corrected chi connectivity index (χ2v) is 10.3. The van der Waals surface area contributed by atoms with E-state index in [1.54, 1.807) is 11.1 Å². The fourth-order valence-corrected chi connectivity index (χ4v) is 6.90. The molecule has 0 amide bonds. The lowest BCUT2D eigenvalue weighted by molar-refractivity contribution is -0.0226. The van der Waals surface area contributed by atoms with Gasteiger partial charge in [-0.1, -0.05) is 36.7 Å². The highest BCUT2D eigenvalue weighted by molar-refractivity contribution is 5.96. The third-order valence-electron chi connectivity index (χ3n) is 8.74. The summed E-state index contributed by atoms with van der Waals surface area (Å²) < 4.78 is 0. The molecule has 3 fully saturated rings. The molecular formula is C24H38N2O. The van der Waals surface area contributed by atoms with Gasteiger partial charge >= 0.3 is 0 Å². The Balaban J connectivity index is 1.50. The lowest BCUT2D eigenvalue weighted by atomic mass is 9.47. The minimum absolute atomic E-state index is 0.386. The number of oxime groups is 1. The van der Waals surface area contributed by atoms with Gasteiger partial charge in [0.05, 0.1) is 5.71 Å². The van der Waals surface area contributed by atoms with Crippen molar-refractivity contribution in [1.29, 1.82) is 0 Å². The maximum atomic E-state index is 5.58. The largest absolute Gasteiger partial charge is 0.394 e. The summed E-state index contributed by atoms with van der Waals surface area (Å²) in [6.07, 6.45) is 12.7. The third kappa shape index (κ3) is 3.20. The summed E-state index contributed by atoms with van der Waals surface area (Å²) in [5.74, 6) is 2.64. The van der Waals surface area contributed by atoms with Gasteiger partial charge in [0.2, 0.25) is 0 Å². The number of rotatable bonds is 4. The van der Waals surface area contributed by atoms with Crippen molar-refractivity contribution in [2.75, 3.05) is 27.2 Å². The van der Waals surface area contributed by atoms with E-state index in [4.69, 9.17) is 4.84 Å². The van der Waals surface area contributed by atoms with Crippen LogP contribution in [0.25, 0.3) is 0 Å². The van der Waals surface area contributed by atoms with Crippen molar-refractivity contribution in [1.82, 2.24) is 4.90 Å². The van der Waals surface area contributed by atoms with E-state index in [0.717, 1.165) is 36.4 Å². The van der Waals surface area contributed by atoms with Gasteiger partial charge < -0.3 is 9.74 Å². The highest BCUT2D eigenvalue weighted by Crippen LogP contribution is 2.66. The zero-order valence-electron chi connectivity index (χ0n) is 17.9. The molecule has 0 aromatic heterocycles. The van der Waals surface area contributed by atoms with Gasteiger partial charge in [0, 0.05) is 6.54 Å². The molecule has 0 spiro atoms. The summed E-state index contributed by atoms with van der Waals surface area (Å²) in [5, 5.41) is 4.46. The Morgan fingerprint density at radius 1 is 1.07 bits per heavy atom. The quantitative estimate of drug-likeness (QED) is 0.374. The number of hydrogen-bond donors (Lipinski definition) is 0. The summed E-state index contributed by atoms with van der Waals surface area (Å²) >= 11 is 0. The normalized spacial score (nSPS) is 42.6. The number of allylic oxidation sites excluding steroid dienone is 3. The lowest BCUT2D eigenvalue weighted by Gasteiger charge is -2.57. The van der Waals surface area contributed by atoms with Crippen molar-refractivity contribution < 1.29 is 4.84 Å². The summed E-state index contributed by atoms with van der Waals surface area (Å²) in [6, 6.07) is 0. The van der Waals surface area contributed by atoms with Gasteiger partial charge in [-0.2, -0.15) is 0 Å². The van der Waals surface area contributed by atoms with Crippen LogP contribution >= 0.6 is 0 Å². The van der Waals surface area contributed by atoms with E-state index in [2.05, 4.69) is 50.7 Å². The van der Waals surface area contributed by atoms with Crippen LogP contribution in [-0.2, 0) is 4.84 Å². The second kappa shape index (κ2) is 7.06. The monoisotopic (exact) mass is 370 g/mol. The first-order chi connectivity index (χ1) is 12.8. The number of likely N-dealkylation sites (N-methyl/N-ethyl adjacent to an activating group) is 1. The molecule has 0 N–H and O–H groups in total. The van der Waals surface area contributed by atoms with Crippen LogP contribution in [0.5, 0.6) is 0 Å². The van der Waals surface area contributed by atoms with Gasteiger partial charge in [0.25, 0.3) is 0 Å². The van der Waals surface area contributed by atoms with E-state index in [1.165, 1.54) is 44.9 Å². The second-order valence-electron chi connectivity index (χ2n) is 10.3. The molecule has 5 atom stereocenters. The molecule has 0 bridgehead atoms. The molecule has 0 aliphatic heterocycles. The molecule has 4 aliphatic rings. The van der Waals surface area contributed by atoms with E-state index in [-0.39, 0.29) is 0 Å². The van der Waals surface area contributed by atoms with Gasteiger partial charge in [0.15, 0.2) is 0 Å². The molecule has 0 radical (unpaired) electrons. The van der Waals surface area contributed by atoms with E-state index < -0.39 is 0 Å². The minimum atomic E-state index is 0.386. The highest BCUT2D eigenvalue weighted by Gasteiger charge is 2.57. The molecule has 4 rings (SSSR count). The number of nitrogens with zero attached hydrogens (tertiary/aromatic N) is 2. The predicted octanol–water partition coefficient (Wildman–Crippen LogP) is 5.44. The zero-order chi connectivity index (χ0) is 19.2. The van der Waals surface area contributed by atoms with Crippen LogP contribution < -0.4 is 0 Å². The fourth-order valence-electron chi connectivity index (χ4n) is 6.90. The molecule has 0 heterocycles. The van der Waals surface area contributed by atoms with Gasteiger partial charge in [-0.25, -0.2) is 0 Å². The highest BCUT2D eigenvalue weighted by atomic mass is 16.6. The molecule has 0 aromatic rings. The molecule has 27 heavy (non-hydrogen) atoms. The number of hydrogen-bond acceptors (Lipinski definition) is 3. The van der Waals surface area contributed by atoms with E-state index in [0.29, 0.717) is 17.4 Å². The Bertz CT molecular complexity index is 663. The van der Waals surface area contributed by atoms with E-state index in [9.17, 15) is 0 Å². The van der Waals surface area contributed by atoms with Crippen LogP contribution in [0.4, 0.5) is 0 Å². The molecule has 3 heteroatoms. The number of fused-ring (bicyclic) bond motifs is 5. The van der Waals surface area contributed by atoms with E-state index in [1.807, 2.05) is 0 Å². The first kappa shape index (κ1) is 19.2. The first-order valence-corrected chi connectivity index (χ1v) is 11.1. The van der Waals surface area contributed by atoms with Crippen molar-refractivity contribution in [3.63, 3.8) is 0 Å². The topological polar surface area (TPSA) is 24.8 Å². The van der Waals surface area contributed by atoms with Crippen molar-refractivity contribution in [3.8, 4) is 0 Å². The summed E-state index contributed by atoms with van der Waals surface area (Å²) in [5.41, 5.74) is 5.18. The van der Waals surface area contributed by atoms with Crippen molar-refractivity contribution in [2.45, 2.75) is 65.2 Å². The first-order valence-electron chi connectivity index (χ1n) is 11.1. The average Bonchev–Trinajstić information content (AvgIpc) is 2.94. The van der Waals surface area contributed by atoms with Gasteiger partial charge in [-0.05, 0) is 100 Å². The summed E-state index contributed by atoms with van der Waals surface area (Å²) in [6.45, 7) is 11.1. The Morgan fingerprint density at radius 2 is 1.85 bits per heavy atom. The van der Waals surface area contributed by atoms with Gasteiger partial charge in [-0.3, -0.25) is 0 Å².